The minimum Gasteiger partial charge on any atom is -0.497 e. The van der Waals surface area contributed by atoms with E-state index in [1.165, 1.54) is 0 Å². The van der Waals surface area contributed by atoms with E-state index in [0.717, 1.165) is 17.0 Å². The fourth-order valence-corrected chi connectivity index (χ4v) is 3.17. The smallest absolute Gasteiger partial charge is 0.344 e. The molecule has 0 radical (unpaired) electrons. The van der Waals surface area contributed by atoms with E-state index in [2.05, 4.69) is 4.57 Å². The number of benzene rings is 2. The van der Waals surface area contributed by atoms with Crippen LogP contribution in [0.4, 0.5) is 0 Å². The highest BCUT2D eigenvalue weighted by Gasteiger charge is 2.17. The summed E-state index contributed by atoms with van der Waals surface area (Å²) in [5.74, 6) is 0.376. The molecule has 0 fully saturated rings. The Kier molecular flexibility index (Phi) is 6.91. The van der Waals surface area contributed by atoms with Crippen LogP contribution < -0.4 is 9.47 Å². The molecule has 0 saturated carbocycles. The molecule has 30 heavy (non-hydrogen) atoms. The number of aromatic nitrogens is 1. The Bertz CT molecular complexity index is 1010. The summed E-state index contributed by atoms with van der Waals surface area (Å²) < 4.78 is 17.6. The summed E-state index contributed by atoms with van der Waals surface area (Å²) in [6, 6.07) is 18.7. The first-order chi connectivity index (χ1) is 14.5. The summed E-state index contributed by atoms with van der Waals surface area (Å²) in [5.41, 5.74) is 3.55. The van der Waals surface area contributed by atoms with Crippen molar-refractivity contribution in [3.05, 3.63) is 83.2 Å². The summed E-state index contributed by atoms with van der Waals surface area (Å²) in [6.45, 7) is 3.95. The number of ketones is 1. The van der Waals surface area contributed by atoms with E-state index in [4.69, 9.17) is 14.2 Å². The molecule has 0 aliphatic carbocycles. The van der Waals surface area contributed by atoms with Crippen LogP contribution >= 0.6 is 0 Å². The summed E-state index contributed by atoms with van der Waals surface area (Å²) in [4.78, 5) is 24.5. The summed E-state index contributed by atoms with van der Waals surface area (Å²) in [6.07, 6.45) is 0. The number of aryl methyl sites for hydroxylation is 1. The predicted octanol–water partition coefficient (Wildman–Crippen LogP) is 3.97. The molecule has 3 aromatic rings. The summed E-state index contributed by atoms with van der Waals surface area (Å²) >= 11 is 0. The van der Waals surface area contributed by atoms with E-state index in [1.807, 2.05) is 50.2 Å². The maximum absolute atomic E-state index is 12.6. The van der Waals surface area contributed by atoms with E-state index < -0.39 is 5.97 Å². The maximum Gasteiger partial charge on any atom is 0.344 e. The Hall–Kier alpha value is -3.54. The van der Waals surface area contributed by atoms with Crippen molar-refractivity contribution >= 4 is 11.8 Å². The molecule has 2 aromatic carbocycles. The molecule has 0 unspecified atom stereocenters. The second kappa shape index (κ2) is 9.78. The molecule has 0 aliphatic rings. The monoisotopic (exact) mass is 407 g/mol. The van der Waals surface area contributed by atoms with Crippen LogP contribution in [0.25, 0.3) is 0 Å². The van der Waals surface area contributed by atoms with Gasteiger partial charge in [-0.25, -0.2) is 4.79 Å². The molecule has 156 valence electrons. The lowest BCUT2D eigenvalue weighted by atomic mass is 10.1. The Morgan fingerprint density at radius 2 is 1.57 bits per heavy atom. The first-order valence-corrected chi connectivity index (χ1v) is 9.64. The van der Waals surface area contributed by atoms with Crippen LogP contribution in [0.1, 0.15) is 27.3 Å². The van der Waals surface area contributed by atoms with Crippen molar-refractivity contribution in [3.8, 4) is 11.5 Å². The molecular formula is C24H25NO5. The lowest BCUT2D eigenvalue weighted by Crippen LogP contribution is -2.20. The van der Waals surface area contributed by atoms with Crippen LogP contribution in [0.15, 0.2) is 60.7 Å². The lowest BCUT2D eigenvalue weighted by molar-refractivity contribution is -0.144. The molecule has 3 rings (SSSR count). The van der Waals surface area contributed by atoms with E-state index >= 15 is 0 Å². The third-order valence-electron chi connectivity index (χ3n) is 4.84. The highest BCUT2D eigenvalue weighted by Crippen LogP contribution is 2.19. The average molecular weight is 407 g/mol. The van der Waals surface area contributed by atoms with Crippen LogP contribution in [0.5, 0.6) is 11.5 Å². The fraction of sp³-hybridized carbons (Fsp3) is 0.250. The van der Waals surface area contributed by atoms with Gasteiger partial charge in [0.15, 0.2) is 13.2 Å². The number of Topliss-reactive ketones (excluding diaryl/α,β-unsaturated/α-hetero) is 1. The number of carbonyl (C=O) groups is 2. The second-order valence-corrected chi connectivity index (χ2v) is 6.90. The van der Waals surface area contributed by atoms with Gasteiger partial charge in [-0.05, 0) is 49.7 Å². The number of rotatable bonds is 9. The standard InChI is InChI=1S/C24H25NO5/c1-17-13-22(18(2)25(17)14-19-7-5-4-6-8-19)23(26)15-30-24(27)16-29-21-11-9-20(28-3)10-12-21/h4-13H,14-16H2,1-3H3. The third kappa shape index (κ3) is 5.29. The Morgan fingerprint density at radius 3 is 2.23 bits per heavy atom. The van der Waals surface area contributed by atoms with Gasteiger partial charge in [-0.15, -0.1) is 0 Å². The van der Waals surface area contributed by atoms with Gasteiger partial charge in [-0.1, -0.05) is 30.3 Å². The highest BCUT2D eigenvalue weighted by molar-refractivity contribution is 5.99. The fourth-order valence-electron chi connectivity index (χ4n) is 3.17. The molecule has 0 saturated heterocycles. The third-order valence-corrected chi connectivity index (χ3v) is 4.84. The normalized spacial score (nSPS) is 10.5. The molecule has 0 amide bonds. The number of esters is 1. The lowest BCUT2D eigenvalue weighted by Gasteiger charge is -2.10. The van der Waals surface area contributed by atoms with Crippen LogP contribution in [-0.4, -0.2) is 36.6 Å². The van der Waals surface area contributed by atoms with E-state index in [0.29, 0.717) is 23.6 Å². The molecule has 0 spiro atoms. The van der Waals surface area contributed by atoms with Gasteiger partial charge in [0.1, 0.15) is 11.5 Å². The van der Waals surface area contributed by atoms with Gasteiger partial charge >= 0.3 is 5.97 Å². The molecule has 6 heteroatoms. The molecule has 1 heterocycles. The van der Waals surface area contributed by atoms with Gasteiger partial charge in [0.05, 0.1) is 7.11 Å². The van der Waals surface area contributed by atoms with Gasteiger partial charge in [0, 0.05) is 23.5 Å². The molecular weight excluding hydrogens is 382 g/mol. The van der Waals surface area contributed by atoms with Gasteiger partial charge in [0.25, 0.3) is 0 Å². The van der Waals surface area contributed by atoms with Crippen molar-refractivity contribution in [2.75, 3.05) is 20.3 Å². The number of hydrogen-bond donors (Lipinski definition) is 0. The number of methoxy groups -OCH3 is 1. The van der Waals surface area contributed by atoms with Crippen molar-refractivity contribution < 1.29 is 23.8 Å². The van der Waals surface area contributed by atoms with Gasteiger partial charge < -0.3 is 18.8 Å². The van der Waals surface area contributed by atoms with Crippen molar-refractivity contribution in [1.82, 2.24) is 4.57 Å². The van der Waals surface area contributed by atoms with Crippen LogP contribution in [0, 0.1) is 13.8 Å². The topological polar surface area (TPSA) is 66.8 Å². The molecule has 0 aliphatic heterocycles. The minimum absolute atomic E-state index is 0.236. The number of nitrogens with zero attached hydrogens (tertiary/aromatic N) is 1. The Balaban J connectivity index is 1.54. The Labute approximate surface area is 176 Å². The molecule has 0 N–H and O–H groups in total. The van der Waals surface area contributed by atoms with Crippen LogP contribution in [0.3, 0.4) is 0 Å². The first-order valence-electron chi connectivity index (χ1n) is 9.64. The largest absolute Gasteiger partial charge is 0.497 e. The van der Waals surface area contributed by atoms with Crippen molar-refractivity contribution in [3.63, 3.8) is 0 Å². The maximum atomic E-state index is 12.6. The van der Waals surface area contributed by atoms with E-state index in [9.17, 15) is 9.59 Å². The van der Waals surface area contributed by atoms with Gasteiger partial charge in [-0.2, -0.15) is 0 Å². The van der Waals surface area contributed by atoms with Crippen molar-refractivity contribution in [2.45, 2.75) is 20.4 Å². The number of hydrogen-bond acceptors (Lipinski definition) is 5. The van der Waals surface area contributed by atoms with Crippen LogP contribution in [-0.2, 0) is 16.1 Å². The molecule has 0 atom stereocenters. The molecule has 6 nitrogen and oxygen atoms in total. The SMILES string of the molecule is COc1ccc(OCC(=O)OCC(=O)c2cc(C)n(Cc3ccccc3)c2C)cc1. The summed E-state index contributed by atoms with van der Waals surface area (Å²) in [7, 11) is 1.57. The highest BCUT2D eigenvalue weighted by atomic mass is 16.6. The second-order valence-electron chi connectivity index (χ2n) is 6.90. The molecule has 1 aromatic heterocycles. The Morgan fingerprint density at radius 1 is 0.900 bits per heavy atom. The van der Waals surface area contributed by atoms with Crippen molar-refractivity contribution in [1.29, 1.82) is 0 Å². The van der Waals surface area contributed by atoms with Crippen LogP contribution in [0.2, 0.25) is 0 Å². The van der Waals surface area contributed by atoms with E-state index in [-0.39, 0.29) is 19.0 Å². The van der Waals surface area contributed by atoms with Gasteiger partial charge in [-0.3, -0.25) is 4.79 Å². The minimum atomic E-state index is -0.600. The number of ether oxygens (including phenoxy) is 3. The van der Waals surface area contributed by atoms with Gasteiger partial charge in [0.2, 0.25) is 5.78 Å². The quantitative estimate of drug-likeness (QED) is 0.397. The summed E-state index contributed by atoms with van der Waals surface area (Å²) in [5, 5.41) is 0. The van der Waals surface area contributed by atoms with E-state index in [1.54, 1.807) is 31.4 Å². The van der Waals surface area contributed by atoms with Crippen molar-refractivity contribution in [2.24, 2.45) is 0 Å². The zero-order valence-electron chi connectivity index (χ0n) is 17.4. The number of carbonyl (C=O) groups excluding carboxylic acids is 2. The zero-order valence-corrected chi connectivity index (χ0v) is 17.4. The first kappa shape index (κ1) is 21.2. The molecule has 0 bridgehead atoms. The zero-order chi connectivity index (χ0) is 21.5. The average Bonchev–Trinajstić information content (AvgIpc) is 3.05. The predicted molar refractivity (Wildman–Crippen MR) is 113 cm³/mol.